The fourth-order valence-electron chi connectivity index (χ4n) is 5.91. The first kappa shape index (κ1) is 21.4. The Hall–Kier alpha value is 0.137. The number of rotatable bonds is 4. The molecule has 148 valence electrons. The smallest absolute Gasteiger partial charge is 0.191 e. The summed E-state index contributed by atoms with van der Waals surface area (Å²) in [5, 5.41) is 11.5. The maximum Gasteiger partial charge on any atom is 0.191 e. The highest BCUT2D eigenvalue weighted by Crippen LogP contribution is 2.62. The minimum Gasteiger partial charge on any atom is -0.417 e. The molecule has 0 saturated heterocycles. The number of aliphatic hydroxyl groups is 1. The summed E-state index contributed by atoms with van der Waals surface area (Å²) in [5.41, 5.74) is 0.109. The van der Waals surface area contributed by atoms with Crippen molar-refractivity contribution in [2.45, 2.75) is 111 Å². The van der Waals surface area contributed by atoms with Crippen molar-refractivity contribution in [3.63, 3.8) is 0 Å². The molecular weight excluding hydrogens is 324 g/mol. The third kappa shape index (κ3) is 4.04. The van der Waals surface area contributed by atoms with Gasteiger partial charge in [0.2, 0.25) is 0 Å². The fourth-order valence-corrected chi connectivity index (χ4v) is 6.97. The van der Waals surface area contributed by atoms with E-state index in [0.717, 1.165) is 25.4 Å². The van der Waals surface area contributed by atoms with E-state index >= 15 is 0 Å². The van der Waals surface area contributed by atoms with E-state index in [1.165, 1.54) is 25.7 Å². The first-order valence-corrected chi connectivity index (χ1v) is 13.4. The van der Waals surface area contributed by atoms with E-state index in [1.807, 2.05) is 0 Å². The quantitative estimate of drug-likeness (QED) is 0.582. The van der Waals surface area contributed by atoms with Crippen LogP contribution in [0.5, 0.6) is 0 Å². The third-order valence-electron chi connectivity index (χ3n) is 8.44. The molecule has 2 rings (SSSR count). The Labute approximate surface area is 158 Å². The SMILES string of the molecule is CC1(C)CCC[C@]2(C)[C@@H](CCO[Si](C)(C)C(C)(C)C)[C@](C)(O)CC[C@@H]12. The van der Waals surface area contributed by atoms with Gasteiger partial charge in [0.25, 0.3) is 0 Å². The van der Waals surface area contributed by atoms with Crippen LogP contribution in [0.25, 0.3) is 0 Å². The summed E-state index contributed by atoms with van der Waals surface area (Å²) in [6, 6.07) is 0. The topological polar surface area (TPSA) is 29.5 Å². The summed E-state index contributed by atoms with van der Waals surface area (Å²) < 4.78 is 6.49. The summed E-state index contributed by atoms with van der Waals surface area (Å²) in [6.07, 6.45) is 7.03. The van der Waals surface area contributed by atoms with E-state index in [1.54, 1.807) is 0 Å². The molecule has 3 heteroatoms. The molecule has 0 heterocycles. The first-order valence-electron chi connectivity index (χ1n) is 10.5. The Morgan fingerprint density at radius 1 is 1.04 bits per heavy atom. The van der Waals surface area contributed by atoms with E-state index in [4.69, 9.17) is 4.43 Å². The molecule has 4 atom stereocenters. The molecule has 2 saturated carbocycles. The highest BCUT2D eigenvalue weighted by molar-refractivity contribution is 6.74. The van der Waals surface area contributed by atoms with Crippen molar-refractivity contribution in [3.05, 3.63) is 0 Å². The number of hydrogen-bond donors (Lipinski definition) is 1. The van der Waals surface area contributed by atoms with Gasteiger partial charge in [0.05, 0.1) is 5.60 Å². The Morgan fingerprint density at radius 3 is 2.20 bits per heavy atom. The normalized spacial score (nSPS) is 39.1. The van der Waals surface area contributed by atoms with E-state index in [-0.39, 0.29) is 10.5 Å². The second-order valence-corrected chi connectivity index (χ2v) is 16.6. The lowest BCUT2D eigenvalue weighted by Gasteiger charge is -2.61. The molecule has 2 nitrogen and oxygen atoms in total. The van der Waals surface area contributed by atoms with Crippen molar-refractivity contribution in [3.8, 4) is 0 Å². The van der Waals surface area contributed by atoms with Gasteiger partial charge in [0.15, 0.2) is 8.32 Å². The molecule has 2 fully saturated rings. The van der Waals surface area contributed by atoms with Crippen LogP contribution in [0.3, 0.4) is 0 Å². The van der Waals surface area contributed by atoms with Gasteiger partial charge >= 0.3 is 0 Å². The lowest BCUT2D eigenvalue weighted by Crippen LogP contribution is -2.58. The molecule has 25 heavy (non-hydrogen) atoms. The van der Waals surface area contributed by atoms with Crippen LogP contribution in [0, 0.1) is 22.7 Å². The minimum absolute atomic E-state index is 0.250. The van der Waals surface area contributed by atoms with Crippen molar-refractivity contribution in [2.24, 2.45) is 22.7 Å². The highest BCUT2D eigenvalue weighted by Gasteiger charge is 2.57. The van der Waals surface area contributed by atoms with E-state index < -0.39 is 13.9 Å². The summed E-state index contributed by atoms with van der Waals surface area (Å²) in [5.74, 6) is 1.08. The largest absolute Gasteiger partial charge is 0.417 e. The van der Waals surface area contributed by atoms with Crippen LogP contribution in [-0.4, -0.2) is 25.6 Å². The molecule has 2 aliphatic carbocycles. The zero-order valence-corrected chi connectivity index (χ0v) is 19.5. The molecule has 0 aromatic rings. The second-order valence-electron chi connectivity index (χ2n) is 11.7. The van der Waals surface area contributed by atoms with Gasteiger partial charge in [-0.1, -0.05) is 48.0 Å². The first-order chi connectivity index (χ1) is 11.1. The van der Waals surface area contributed by atoms with Gasteiger partial charge in [0.1, 0.15) is 0 Å². The van der Waals surface area contributed by atoms with Crippen LogP contribution in [0.2, 0.25) is 18.1 Å². The molecule has 0 aliphatic heterocycles. The van der Waals surface area contributed by atoms with E-state index in [0.29, 0.717) is 11.3 Å². The fraction of sp³-hybridized carbons (Fsp3) is 1.00. The van der Waals surface area contributed by atoms with Crippen LogP contribution in [0.15, 0.2) is 0 Å². The lowest BCUT2D eigenvalue weighted by atomic mass is 9.45. The van der Waals surface area contributed by atoms with Crippen LogP contribution >= 0.6 is 0 Å². The van der Waals surface area contributed by atoms with Gasteiger partial charge in [-0.05, 0) is 79.8 Å². The predicted octanol–water partition coefficient (Wildman–Crippen LogP) is 6.39. The summed E-state index contributed by atoms with van der Waals surface area (Å²) in [6.45, 7) is 21.9. The Kier molecular flexibility index (Phi) is 5.69. The molecule has 0 aromatic carbocycles. The van der Waals surface area contributed by atoms with Crippen molar-refractivity contribution in [2.75, 3.05) is 6.61 Å². The number of hydrogen-bond acceptors (Lipinski definition) is 2. The Balaban J connectivity index is 2.16. The molecular formula is C22H44O2Si. The molecule has 0 spiro atoms. The van der Waals surface area contributed by atoms with Crippen molar-refractivity contribution in [1.82, 2.24) is 0 Å². The van der Waals surface area contributed by atoms with Gasteiger partial charge in [-0.3, -0.25) is 0 Å². The summed E-state index contributed by atoms with van der Waals surface area (Å²) in [7, 11) is -1.71. The standard InChI is InChI=1S/C22H44O2Si/c1-19(2,3)25(8,9)24-16-12-18-21(6)14-10-13-20(4,5)17(21)11-15-22(18,7)23/h17-18,23H,10-16H2,1-9H3/t17-,18+,21-,22+/m0/s1. The molecule has 0 unspecified atom stereocenters. The van der Waals surface area contributed by atoms with Crippen LogP contribution < -0.4 is 0 Å². The van der Waals surface area contributed by atoms with Gasteiger partial charge in [-0.15, -0.1) is 0 Å². The molecule has 0 amide bonds. The summed E-state index contributed by atoms with van der Waals surface area (Å²) >= 11 is 0. The highest BCUT2D eigenvalue weighted by atomic mass is 28.4. The van der Waals surface area contributed by atoms with Crippen LogP contribution in [0.4, 0.5) is 0 Å². The molecule has 0 radical (unpaired) electrons. The molecule has 2 aliphatic rings. The van der Waals surface area contributed by atoms with Gasteiger partial charge < -0.3 is 9.53 Å². The van der Waals surface area contributed by atoms with Crippen LogP contribution in [0.1, 0.15) is 87.0 Å². The minimum atomic E-state index is -1.71. The van der Waals surface area contributed by atoms with Crippen molar-refractivity contribution >= 4 is 8.32 Å². The Morgan fingerprint density at radius 2 is 1.64 bits per heavy atom. The molecule has 1 N–H and O–H groups in total. The van der Waals surface area contributed by atoms with Crippen LogP contribution in [-0.2, 0) is 4.43 Å². The maximum absolute atomic E-state index is 11.3. The molecule has 0 aromatic heterocycles. The molecule has 0 bridgehead atoms. The van der Waals surface area contributed by atoms with Crippen molar-refractivity contribution < 1.29 is 9.53 Å². The third-order valence-corrected chi connectivity index (χ3v) is 13.0. The second kappa shape index (κ2) is 6.63. The van der Waals surface area contributed by atoms with E-state index in [2.05, 4.69) is 61.6 Å². The Bertz CT molecular complexity index is 475. The maximum atomic E-state index is 11.3. The van der Waals surface area contributed by atoms with Gasteiger partial charge in [0, 0.05) is 6.61 Å². The monoisotopic (exact) mass is 368 g/mol. The predicted molar refractivity (Wildman–Crippen MR) is 110 cm³/mol. The zero-order valence-electron chi connectivity index (χ0n) is 18.5. The average molecular weight is 369 g/mol. The summed E-state index contributed by atoms with van der Waals surface area (Å²) in [4.78, 5) is 0. The number of fused-ring (bicyclic) bond motifs is 1. The van der Waals surface area contributed by atoms with Gasteiger partial charge in [-0.2, -0.15) is 0 Å². The van der Waals surface area contributed by atoms with Gasteiger partial charge in [-0.25, -0.2) is 0 Å². The average Bonchev–Trinajstić information content (AvgIpc) is 2.39. The zero-order chi connectivity index (χ0) is 19.3. The van der Waals surface area contributed by atoms with E-state index in [9.17, 15) is 5.11 Å². The van der Waals surface area contributed by atoms with Crippen molar-refractivity contribution in [1.29, 1.82) is 0 Å². The lowest BCUT2D eigenvalue weighted by molar-refractivity contribution is -0.171.